The van der Waals surface area contributed by atoms with E-state index in [0.29, 0.717) is 35.1 Å². The zero-order valence-corrected chi connectivity index (χ0v) is 26.0. The molecule has 238 valence electrons. The SMILES string of the molecule is CCOc1cc([C@@H]2NC(=O)NC(C)=C2C(=O)OC)ccc1OC[C@@H](O)N/N=C\c1cc(C)n(-c2ccc(OC(C)=O)cc2)c1C. The molecule has 4 rings (SSSR count). The molecule has 45 heavy (non-hydrogen) atoms. The molecule has 2 aromatic carbocycles. The number of aliphatic hydroxyl groups excluding tert-OH is 1. The summed E-state index contributed by atoms with van der Waals surface area (Å²) in [5.74, 6) is 0.239. The second-order valence-electron chi connectivity index (χ2n) is 10.2. The molecule has 0 bridgehead atoms. The van der Waals surface area contributed by atoms with E-state index in [4.69, 9.17) is 18.9 Å². The maximum atomic E-state index is 12.5. The lowest BCUT2D eigenvalue weighted by Crippen LogP contribution is -2.45. The second-order valence-corrected chi connectivity index (χ2v) is 10.2. The lowest BCUT2D eigenvalue weighted by Gasteiger charge is -2.28. The number of allylic oxidation sites excluding steroid dienone is 1. The highest BCUT2D eigenvalue weighted by Crippen LogP contribution is 2.35. The number of esters is 2. The van der Waals surface area contributed by atoms with Crippen molar-refractivity contribution in [2.24, 2.45) is 5.10 Å². The fraction of sp³-hybridized carbons (Fsp3) is 0.312. The molecule has 0 radical (unpaired) electrons. The highest BCUT2D eigenvalue weighted by Gasteiger charge is 2.32. The number of ether oxygens (including phenoxy) is 4. The van der Waals surface area contributed by atoms with Gasteiger partial charge in [-0.05, 0) is 75.7 Å². The van der Waals surface area contributed by atoms with Crippen molar-refractivity contribution in [3.05, 3.63) is 82.3 Å². The molecule has 0 spiro atoms. The van der Waals surface area contributed by atoms with Gasteiger partial charge >= 0.3 is 18.0 Å². The van der Waals surface area contributed by atoms with Crippen molar-refractivity contribution in [3.8, 4) is 22.9 Å². The number of amides is 2. The van der Waals surface area contributed by atoms with E-state index in [1.165, 1.54) is 14.0 Å². The third kappa shape index (κ3) is 7.81. The first-order valence-corrected chi connectivity index (χ1v) is 14.2. The minimum absolute atomic E-state index is 0.152. The molecule has 13 nitrogen and oxygen atoms in total. The largest absolute Gasteiger partial charge is 0.490 e. The second kappa shape index (κ2) is 14.4. The monoisotopic (exact) mass is 619 g/mol. The molecule has 0 unspecified atom stereocenters. The predicted octanol–water partition coefficient (Wildman–Crippen LogP) is 3.54. The number of hydrogen-bond acceptors (Lipinski definition) is 10. The van der Waals surface area contributed by atoms with Crippen LogP contribution in [0.5, 0.6) is 17.2 Å². The summed E-state index contributed by atoms with van der Waals surface area (Å²) < 4.78 is 23.7. The fourth-order valence-electron chi connectivity index (χ4n) is 4.96. The average Bonchev–Trinajstić information content (AvgIpc) is 3.28. The number of hydrazone groups is 1. The Labute approximate surface area is 260 Å². The van der Waals surface area contributed by atoms with Crippen LogP contribution in [-0.4, -0.2) is 60.4 Å². The minimum Gasteiger partial charge on any atom is -0.490 e. The maximum Gasteiger partial charge on any atom is 0.337 e. The van der Waals surface area contributed by atoms with Crippen LogP contribution in [0.3, 0.4) is 0 Å². The summed E-state index contributed by atoms with van der Waals surface area (Å²) >= 11 is 0. The molecule has 0 saturated carbocycles. The van der Waals surface area contributed by atoms with Gasteiger partial charge in [-0.1, -0.05) is 6.07 Å². The van der Waals surface area contributed by atoms with Crippen LogP contribution in [0.25, 0.3) is 5.69 Å². The third-order valence-corrected chi connectivity index (χ3v) is 6.93. The molecular weight excluding hydrogens is 582 g/mol. The van der Waals surface area contributed by atoms with E-state index in [9.17, 15) is 19.5 Å². The van der Waals surface area contributed by atoms with Gasteiger partial charge in [-0.15, -0.1) is 0 Å². The maximum absolute atomic E-state index is 12.5. The van der Waals surface area contributed by atoms with Gasteiger partial charge in [0.25, 0.3) is 0 Å². The van der Waals surface area contributed by atoms with Gasteiger partial charge in [-0.25, -0.2) is 9.59 Å². The normalized spacial score (nSPS) is 15.3. The number of carbonyl (C=O) groups is 3. The number of aryl methyl sites for hydroxylation is 1. The van der Waals surface area contributed by atoms with Gasteiger partial charge in [0.15, 0.2) is 17.7 Å². The first kappa shape index (κ1) is 32.6. The topological polar surface area (TPSA) is 162 Å². The summed E-state index contributed by atoms with van der Waals surface area (Å²) in [6.07, 6.45) is 0.463. The van der Waals surface area contributed by atoms with Crippen LogP contribution in [0, 0.1) is 13.8 Å². The van der Waals surface area contributed by atoms with Crippen LogP contribution >= 0.6 is 0 Å². The van der Waals surface area contributed by atoms with Crippen LogP contribution in [0.15, 0.2) is 64.9 Å². The molecule has 3 aromatic rings. The summed E-state index contributed by atoms with van der Waals surface area (Å²) in [6.45, 7) is 8.89. The molecule has 0 fully saturated rings. The first-order chi connectivity index (χ1) is 21.5. The Morgan fingerprint density at radius 3 is 2.49 bits per heavy atom. The van der Waals surface area contributed by atoms with Gasteiger partial charge in [0.2, 0.25) is 0 Å². The predicted molar refractivity (Wildman–Crippen MR) is 166 cm³/mol. The number of aliphatic hydroxyl groups is 1. The van der Waals surface area contributed by atoms with Crippen molar-refractivity contribution < 1.29 is 38.4 Å². The third-order valence-electron chi connectivity index (χ3n) is 6.93. The van der Waals surface area contributed by atoms with E-state index in [-0.39, 0.29) is 18.1 Å². The van der Waals surface area contributed by atoms with Crippen molar-refractivity contribution >= 4 is 24.2 Å². The molecule has 2 heterocycles. The quantitative estimate of drug-likeness (QED) is 0.0781. The van der Waals surface area contributed by atoms with E-state index in [1.54, 1.807) is 43.5 Å². The zero-order chi connectivity index (χ0) is 32.7. The molecule has 4 N–H and O–H groups in total. The van der Waals surface area contributed by atoms with Crippen molar-refractivity contribution in [2.75, 3.05) is 20.3 Å². The lowest BCUT2D eigenvalue weighted by molar-refractivity contribution is -0.136. The average molecular weight is 620 g/mol. The van der Waals surface area contributed by atoms with Gasteiger partial charge in [0.1, 0.15) is 12.4 Å². The van der Waals surface area contributed by atoms with E-state index in [0.717, 1.165) is 22.6 Å². The van der Waals surface area contributed by atoms with Crippen LogP contribution < -0.4 is 30.3 Å². The van der Waals surface area contributed by atoms with E-state index < -0.39 is 24.3 Å². The molecule has 1 aliphatic heterocycles. The number of urea groups is 1. The van der Waals surface area contributed by atoms with Crippen molar-refractivity contribution in [1.82, 2.24) is 20.6 Å². The van der Waals surface area contributed by atoms with Gasteiger partial charge in [-0.2, -0.15) is 5.10 Å². The summed E-state index contributed by atoms with van der Waals surface area (Å²) in [5, 5.41) is 20.0. The van der Waals surface area contributed by atoms with Gasteiger partial charge < -0.3 is 39.3 Å². The minimum atomic E-state index is -1.15. The molecule has 2 amide bonds. The van der Waals surface area contributed by atoms with Gasteiger partial charge in [-0.3, -0.25) is 10.2 Å². The smallest absolute Gasteiger partial charge is 0.337 e. The molecular formula is C32H37N5O8. The van der Waals surface area contributed by atoms with Crippen molar-refractivity contribution in [3.63, 3.8) is 0 Å². The van der Waals surface area contributed by atoms with Crippen LogP contribution in [-0.2, 0) is 14.3 Å². The summed E-state index contributed by atoms with van der Waals surface area (Å²) in [4.78, 5) is 35.8. The highest BCUT2D eigenvalue weighted by atomic mass is 16.5. The molecule has 0 aliphatic carbocycles. The Balaban J connectivity index is 1.41. The van der Waals surface area contributed by atoms with Crippen LogP contribution in [0.4, 0.5) is 4.79 Å². The number of carbonyl (C=O) groups excluding carboxylic acids is 3. The standard InChI is InChI=1S/C32H37N5O8/c1-7-43-27-15-22(30-29(31(40)42-6)19(3)34-32(41)35-30)8-13-26(27)44-17-28(39)36-33-16-23-14-18(2)37(20(23)4)24-9-11-25(12-10-24)45-21(5)38/h8-16,28,30,36,39H,7,17H2,1-6H3,(H2,34,35,41)/b33-16-/t28-,30+/m1/s1. The number of aromatic nitrogens is 1. The van der Waals surface area contributed by atoms with Gasteiger partial charge in [0, 0.05) is 35.3 Å². The molecule has 1 aliphatic rings. The molecule has 13 heteroatoms. The number of benzene rings is 2. The Hall–Kier alpha value is -5.30. The highest BCUT2D eigenvalue weighted by molar-refractivity contribution is 5.95. The number of nitrogens with one attached hydrogen (secondary N) is 3. The summed E-state index contributed by atoms with van der Waals surface area (Å²) in [7, 11) is 1.27. The van der Waals surface area contributed by atoms with Gasteiger partial charge in [0.05, 0.1) is 31.5 Å². The Kier molecular flexibility index (Phi) is 10.5. The van der Waals surface area contributed by atoms with E-state index >= 15 is 0 Å². The number of rotatable bonds is 12. The zero-order valence-electron chi connectivity index (χ0n) is 26.0. The molecule has 2 atom stereocenters. The van der Waals surface area contributed by atoms with E-state index in [1.807, 2.05) is 43.5 Å². The number of methoxy groups -OCH3 is 1. The Morgan fingerprint density at radius 2 is 1.82 bits per heavy atom. The van der Waals surface area contributed by atoms with Crippen molar-refractivity contribution in [1.29, 1.82) is 0 Å². The lowest BCUT2D eigenvalue weighted by atomic mass is 9.95. The molecule has 0 saturated heterocycles. The van der Waals surface area contributed by atoms with E-state index in [2.05, 4.69) is 21.2 Å². The first-order valence-electron chi connectivity index (χ1n) is 14.2. The Morgan fingerprint density at radius 1 is 1.09 bits per heavy atom. The summed E-state index contributed by atoms with van der Waals surface area (Å²) in [6, 6.07) is 12.9. The Bertz CT molecular complexity index is 1630. The summed E-state index contributed by atoms with van der Waals surface area (Å²) in [5.41, 5.74) is 7.54. The van der Waals surface area contributed by atoms with Crippen molar-refractivity contribution in [2.45, 2.75) is 46.9 Å². The number of hydrogen-bond donors (Lipinski definition) is 4. The number of nitrogens with zero attached hydrogens (tertiary/aromatic N) is 2. The van der Waals surface area contributed by atoms with Crippen LogP contribution in [0.1, 0.15) is 49.3 Å². The van der Waals surface area contributed by atoms with Crippen LogP contribution in [0.2, 0.25) is 0 Å². The fourth-order valence-corrected chi connectivity index (χ4v) is 4.96. The molecule has 1 aromatic heterocycles.